The van der Waals surface area contributed by atoms with Crippen LogP contribution in [0.2, 0.25) is 0 Å². The number of anilines is 1. The number of hydrogen-bond donors (Lipinski definition) is 1. The molecule has 4 heterocycles. The molecule has 0 fully saturated rings. The van der Waals surface area contributed by atoms with E-state index in [4.69, 9.17) is 9.51 Å². The maximum absolute atomic E-state index is 5.59. The normalized spacial score (nSPS) is 12.1. The Morgan fingerprint density at radius 3 is 2.10 bits per heavy atom. The van der Waals surface area contributed by atoms with E-state index in [1.165, 1.54) is 0 Å². The van der Waals surface area contributed by atoms with Crippen LogP contribution in [0.3, 0.4) is 0 Å². The summed E-state index contributed by atoms with van der Waals surface area (Å²) in [4.78, 5) is 22.1. The van der Waals surface area contributed by atoms with Crippen molar-refractivity contribution in [2.45, 2.75) is 33.2 Å². The van der Waals surface area contributed by atoms with Gasteiger partial charge in [-0.3, -0.25) is 9.97 Å². The highest BCUT2D eigenvalue weighted by Crippen LogP contribution is 2.28. The number of aryl methyl sites for hydroxylation is 1. The Morgan fingerprint density at radius 2 is 1.50 bits per heavy atom. The quantitative estimate of drug-likeness (QED) is 0.487. The molecule has 0 radical (unpaired) electrons. The molecule has 1 atom stereocenters. The van der Waals surface area contributed by atoms with E-state index in [1.54, 1.807) is 24.8 Å². The van der Waals surface area contributed by atoms with E-state index < -0.39 is 0 Å². The van der Waals surface area contributed by atoms with Crippen LogP contribution in [0.25, 0.3) is 22.8 Å². The van der Waals surface area contributed by atoms with E-state index in [-0.39, 0.29) is 12.0 Å². The Bertz CT molecular complexity index is 1100. The van der Waals surface area contributed by atoms with Crippen molar-refractivity contribution in [3.05, 3.63) is 66.7 Å². The van der Waals surface area contributed by atoms with Crippen LogP contribution in [-0.4, -0.2) is 30.1 Å². The molecule has 0 amide bonds. The standard InChI is InChI=1S/C22H23N7O/c1-4-17-13-18(27-20(25-17)15-5-9-23-10-6-15)26-19(14(2)3)22-28-21(29-30-22)16-7-11-24-12-8-16/h5-14,19H,4H2,1-3H3,(H,25,26,27). The van der Waals surface area contributed by atoms with Gasteiger partial charge in [0.1, 0.15) is 11.9 Å². The first-order valence-corrected chi connectivity index (χ1v) is 9.93. The highest BCUT2D eigenvalue weighted by atomic mass is 16.5. The zero-order valence-corrected chi connectivity index (χ0v) is 17.1. The van der Waals surface area contributed by atoms with Gasteiger partial charge in [0.25, 0.3) is 0 Å². The molecule has 0 aliphatic carbocycles. The van der Waals surface area contributed by atoms with Crippen molar-refractivity contribution in [2.24, 2.45) is 5.92 Å². The molecule has 0 aliphatic rings. The summed E-state index contributed by atoms with van der Waals surface area (Å²) < 4.78 is 5.59. The van der Waals surface area contributed by atoms with Crippen LogP contribution in [0.15, 0.2) is 59.6 Å². The maximum Gasteiger partial charge on any atom is 0.249 e. The lowest BCUT2D eigenvalue weighted by atomic mass is 10.0. The van der Waals surface area contributed by atoms with E-state index in [9.17, 15) is 0 Å². The molecule has 1 unspecified atom stereocenters. The van der Waals surface area contributed by atoms with E-state index in [2.05, 4.69) is 51.2 Å². The Kier molecular flexibility index (Phi) is 5.74. The fraction of sp³-hybridized carbons (Fsp3) is 0.273. The third-order valence-electron chi connectivity index (χ3n) is 4.70. The third kappa shape index (κ3) is 4.32. The molecule has 30 heavy (non-hydrogen) atoms. The summed E-state index contributed by atoms with van der Waals surface area (Å²) in [6, 6.07) is 9.27. The number of hydrogen-bond acceptors (Lipinski definition) is 8. The van der Waals surface area contributed by atoms with Crippen molar-refractivity contribution in [3.63, 3.8) is 0 Å². The molecular weight excluding hydrogens is 378 g/mol. The average molecular weight is 401 g/mol. The summed E-state index contributed by atoms with van der Waals surface area (Å²) in [5, 5.41) is 7.61. The zero-order chi connectivity index (χ0) is 20.9. The minimum absolute atomic E-state index is 0.195. The molecule has 8 heteroatoms. The molecule has 0 saturated carbocycles. The molecule has 4 aromatic heterocycles. The molecule has 4 aromatic rings. The van der Waals surface area contributed by atoms with Crippen LogP contribution in [0.4, 0.5) is 5.82 Å². The van der Waals surface area contributed by atoms with Gasteiger partial charge >= 0.3 is 0 Å². The van der Waals surface area contributed by atoms with Gasteiger partial charge in [-0.05, 0) is 36.6 Å². The number of rotatable bonds is 7. The number of aromatic nitrogens is 6. The minimum Gasteiger partial charge on any atom is -0.358 e. The first-order chi connectivity index (χ1) is 14.6. The van der Waals surface area contributed by atoms with Crippen LogP contribution < -0.4 is 5.32 Å². The van der Waals surface area contributed by atoms with Crippen molar-refractivity contribution in [3.8, 4) is 22.8 Å². The fourth-order valence-corrected chi connectivity index (χ4v) is 3.04. The maximum atomic E-state index is 5.59. The molecule has 0 aliphatic heterocycles. The SMILES string of the molecule is CCc1cc(NC(c2nc(-c3ccncc3)no2)C(C)C)nc(-c2ccncc2)n1. The van der Waals surface area contributed by atoms with Gasteiger partial charge in [0.2, 0.25) is 11.7 Å². The summed E-state index contributed by atoms with van der Waals surface area (Å²) in [6.07, 6.45) is 7.68. The summed E-state index contributed by atoms with van der Waals surface area (Å²) in [6.45, 7) is 6.26. The zero-order valence-electron chi connectivity index (χ0n) is 17.1. The highest BCUT2D eigenvalue weighted by Gasteiger charge is 2.24. The lowest BCUT2D eigenvalue weighted by molar-refractivity contribution is 0.335. The van der Waals surface area contributed by atoms with Gasteiger partial charge in [-0.15, -0.1) is 0 Å². The van der Waals surface area contributed by atoms with Gasteiger partial charge in [-0.2, -0.15) is 4.98 Å². The van der Waals surface area contributed by atoms with Gasteiger partial charge in [0.05, 0.1) is 0 Å². The highest BCUT2D eigenvalue weighted by molar-refractivity contribution is 5.57. The van der Waals surface area contributed by atoms with Gasteiger partial charge in [-0.1, -0.05) is 25.9 Å². The van der Waals surface area contributed by atoms with Crippen molar-refractivity contribution in [1.29, 1.82) is 0 Å². The van der Waals surface area contributed by atoms with Gasteiger partial charge in [-0.25, -0.2) is 9.97 Å². The van der Waals surface area contributed by atoms with Gasteiger partial charge in [0, 0.05) is 47.7 Å². The Morgan fingerprint density at radius 1 is 0.867 bits per heavy atom. The minimum atomic E-state index is -0.196. The molecule has 152 valence electrons. The molecule has 0 saturated heterocycles. The van der Waals surface area contributed by atoms with Gasteiger partial charge in [0.15, 0.2) is 5.82 Å². The van der Waals surface area contributed by atoms with Crippen molar-refractivity contribution in [1.82, 2.24) is 30.1 Å². The lowest BCUT2D eigenvalue weighted by Gasteiger charge is -2.20. The second-order valence-corrected chi connectivity index (χ2v) is 7.22. The summed E-state index contributed by atoms with van der Waals surface area (Å²) in [7, 11) is 0. The monoisotopic (exact) mass is 401 g/mol. The predicted octanol–water partition coefficient (Wildman–Crippen LogP) is 4.36. The van der Waals surface area contributed by atoms with E-state index in [1.807, 2.05) is 30.3 Å². The van der Waals surface area contributed by atoms with Crippen LogP contribution in [0.5, 0.6) is 0 Å². The van der Waals surface area contributed by atoms with Crippen LogP contribution >= 0.6 is 0 Å². The molecule has 0 spiro atoms. The van der Waals surface area contributed by atoms with Crippen LogP contribution in [-0.2, 0) is 6.42 Å². The van der Waals surface area contributed by atoms with Gasteiger partial charge < -0.3 is 9.84 Å². The summed E-state index contributed by atoms with van der Waals surface area (Å²) in [5.74, 6) is 2.62. The second kappa shape index (κ2) is 8.77. The summed E-state index contributed by atoms with van der Waals surface area (Å²) >= 11 is 0. The number of pyridine rings is 2. The largest absolute Gasteiger partial charge is 0.358 e. The summed E-state index contributed by atoms with van der Waals surface area (Å²) in [5.41, 5.74) is 2.73. The molecule has 4 rings (SSSR count). The second-order valence-electron chi connectivity index (χ2n) is 7.22. The average Bonchev–Trinajstić information content (AvgIpc) is 3.28. The van der Waals surface area contributed by atoms with Crippen LogP contribution in [0, 0.1) is 5.92 Å². The Hall–Kier alpha value is -3.68. The Balaban J connectivity index is 1.65. The van der Waals surface area contributed by atoms with E-state index in [0.717, 1.165) is 29.1 Å². The van der Waals surface area contributed by atoms with Crippen LogP contribution in [0.1, 0.15) is 38.4 Å². The van der Waals surface area contributed by atoms with Crippen molar-refractivity contribution >= 4 is 5.82 Å². The van der Waals surface area contributed by atoms with E-state index >= 15 is 0 Å². The topological polar surface area (TPSA) is 103 Å². The molecule has 0 bridgehead atoms. The smallest absolute Gasteiger partial charge is 0.249 e. The first-order valence-electron chi connectivity index (χ1n) is 9.93. The van der Waals surface area contributed by atoms with E-state index in [0.29, 0.717) is 17.5 Å². The molecule has 1 N–H and O–H groups in total. The lowest BCUT2D eigenvalue weighted by Crippen LogP contribution is -2.18. The molecule has 8 nitrogen and oxygen atoms in total. The molecular formula is C22H23N7O. The van der Waals surface area contributed by atoms with Crippen molar-refractivity contribution < 1.29 is 4.52 Å². The molecule has 0 aromatic carbocycles. The first kappa shape index (κ1) is 19.6. The fourth-order valence-electron chi connectivity index (χ4n) is 3.04. The number of nitrogens with one attached hydrogen (secondary N) is 1. The Labute approximate surface area is 174 Å². The third-order valence-corrected chi connectivity index (χ3v) is 4.70. The van der Waals surface area contributed by atoms with Crippen molar-refractivity contribution in [2.75, 3.05) is 5.32 Å². The number of nitrogens with zero attached hydrogens (tertiary/aromatic N) is 6. The predicted molar refractivity (Wildman–Crippen MR) is 113 cm³/mol.